The normalized spacial score (nSPS) is 25.3. The van der Waals surface area contributed by atoms with Gasteiger partial charge < -0.3 is 4.98 Å². The molecule has 3 aromatic rings. The summed E-state index contributed by atoms with van der Waals surface area (Å²) < 4.78 is 29.0. The Morgan fingerprint density at radius 1 is 1.28 bits per heavy atom. The quantitative estimate of drug-likeness (QED) is 0.761. The predicted octanol–water partition coefficient (Wildman–Crippen LogP) is 1.52. The molecule has 25 heavy (non-hydrogen) atoms. The molecule has 1 saturated carbocycles. The van der Waals surface area contributed by atoms with Crippen LogP contribution in [0.5, 0.6) is 0 Å². The molecule has 0 bridgehead atoms. The summed E-state index contributed by atoms with van der Waals surface area (Å²) in [5, 5.41) is 8.52. The number of aromatic amines is 1. The summed E-state index contributed by atoms with van der Waals surface area (Å²) in [6, 6.07) is 1.96. The van der Waals surface area contributed by atoms with Crippen molar-refractivity contribution in [3.05, 3.63) is 24.3 Å². The lowest BCUT2D eigenvalue weighted by Crippen LogP contribution is -2.32. The average molecular weight is 360 g/mol. The Balaban J connectivity index is 1.60. The molecular formula is C16H20N6O2S. The van der Waals surface area contributed by atoms with E-state index in [2.05, 4.69) is 27.1 Å². The molecule has 0 unspecified atom stereocenters. The summed E-state index contributed by atoms with van der Waals surface area (Å²) in [5.41, 5.74) is 2.40. The fourth-order valence-electron chi connectivity index (χ4n) is 3.96. The highest BCUT2D eigenvalue weighted by atomic mass is 32.2. The molecule has 1 N–H and O–H groups in total. The second-order valence-corrected chi connectivity index (χ2v) is 9.27. The lowest BCUT2D eigenvalue weighted by atomic mass is 9.93. The molecule has 8 nitrogen and oxygen atoms in total. The van der Waals surface area contributed by atoms with Crippen LogP contribution in [0.1, 0.15) is 37.9 Å². The van der Waals surface area contributed by atoms with E-state index >= 15 is 0 Å². The van der Waals surface area contributed by atoms with E-state index in [1.54, 1.807) is 10.5 Å². The number of nitrogens with zero attached hydrogens (tertiary/aromatic N) is 5. The van der Waals surface area contributed by atoms with Crippen LogP contribution in [-0.2, 0) is 10.0 Å². The summed E-state index contributed by atoms with van der Waals surface area (Å²) in [6.45, 7) is 3.18. The number of sulfonamides is 1. The van der Waals surface area contributed by atoms with E-state index in [1.165, 1.54) is 0 Å². The van der Waals surface area contributed by atoms with Crippen LogP contribution < -0.4 is 0 Å². The minimum atomic E-state index is -3.16. The third-order valence-electron chi connectivity index (χ3n) is 5.54. The van der Waals surface area contributed by atoms with Gasteiger partial charge in [-0.15, -0.1) is 10.2 Å². The average Bonchev–Trinajstić information content (AvgIpc) is 3.05. The molecule has 2 atom stereocenters. The van der Waals surface area contributed by atoms with E-state index in [1.807, 2.05) is 16.7 Å². The number of aromatic nitrogens is 5. The molecule has 3 aromatic heterocycles. The van der Waals surface area contributed by atoms with Gasteiger partial charge in [0.15, 0.2) is 11.3 Å². The molecular weight excluding hydrogens is 340 g/mol. The van der Waals surface area contributed by atoms with Crippen LogP contribution in [0.15, 0.2) is 18.5 Å². The Bertz CT molecular complexity index is 1050. The molecule has 0 amide bonds. The smallest absolute Gasteiger partial charge is 0.217 e. The fraction of sp³-hybridized carbons (Fsp3) is 0.562. The largest absolute Gasteiger partial charge is 0.345 e. The van der Waals surface area contributed by atoms with Crippen LogP contribution >= 0.6 is 0 Å². The fourth-order valence-corrected chi connectivity index (χ4v) is 5.88. The summed E-state index contributed by atoms with van der Waals surface area (Å²) in [4.78, 5) is 7.46. The van der Waals surface area contributed by atoms with Crippen LogP contribution in [0.2, 0.25) is 0 Å². The van der Waals surface area contributed by atoms with Gasteiger partial charge in [-0.25, -0.2) is 17.7 Å². The van der Waals surface area contributed by atoms with Gasteiger partial charge in [0.2, 0.25) is 10.0 Å². The van der Waals surface area contributed by atoms with E-state index in [0.717, 1.165) is 36.3 Å². The maximum atomic E-state index is 12.7. The highest BCUT2D eigenvalue weighted by Crippen LogP contribution is 2.40. The van der Waals surface area contributed by atoms with Gasteiger partial charge >= 0.3 is 0 Å². The SMILES string of the molecule is CC[C@H]1CN(S(=O)(=O)C2CC2)C[C@H]1c1nnc2cnc3[nH]ccc3n12. The first kappa shape index (κ1) is 15.3. The van der Waals surface area contributed by atoms with Crippen molar-refractivity contribution in [3.8, 4) is 0 Å². The van der Waals surface area contributed by atoms with E-state index in [-0.39, 0.29) is 17.1 Å². The molecule has 0 spiro atoms. The van der Waals surface area contributed by atoms with E-state index < -0.39 is 10.0 Å². The highest BCUT2D eigenvalue weighted by molar-refractivity contribution is 7.90. The zero-order valence-electron chi connectivity index (χ0n) is 14.0. The number of nitrogens with one attached hydrogen (secondary N) is 1. The maximum absolute atomic E-state index is 12.7. The van der Waals surface area contributed by atoms with E-state index in [0.29, 0.717) is 18.7 Å². The van der Waals surface area contributed by atoms with Crippen LogP contribution in [0, 0.1) is 5.92 Å². The Morgan fingerprint density at radius 2 is 2.12 bits per heavy atom. The monoisotopic (exact) mass is 360 g/mol. The molecule has 9 heteroatoms. The highest BCUT2D eigenvalue weighted by Gasteiger charge is 2.46. The van der Waals surface area contributed by atoms with Crippen molar-refractivity contribution >= 4 is 26.8 Å². The molecule has 5 rings (SSSR count). The molecule has 2 aliphatic rings. The Morgan fingerprint density at radius 3 is 2.88 bits per heavy atom. The van der Waals surface area contributed by atoms with Crippen LogP contribution in [0.4, 0.5) is 0 Å². The number of hydrogen-bond donors (Lipinski definition) is 1. The Kier molecular flexibility index (Phi) is 3.21. The van der Waals surface area contributed by atoms with Gasteiger partial charge in [0.1, 0.15) is 5.82 Å². The molecule has 0 radical (unpaired) electrons. The van der Waals surface area contributed by atoms with Crippen molar-refractivity contribution in [1.82, 2.24) is 28.9 Å². The van der Waals surface area contributed by atoms with Crippen molar-refractivity contribution in [2.24, 2.45) is 5.92 Å². The van der Waals surface area contributed by atoms with Gasteiger partial charge in [0.05, 0.1) is 17.0 Å². The zero-order chi connectivity index (χ0) is 17.2. The van der Waals surface area contributed by atoms with Crippen LogP contribution in [-0.4, -0.2) is 55.6 Å². The second-order valence-electron chi connectivity index (χ2n) is 7.06. The topological polar surface area (TPSA) is 96.2 Å². The van der Waals surface area contributed by atoms with Gasteiger partial charge in [-0.1, -0.05) is 13.3 Å². The molecule has 4 heterocycles. The molecule has 1 saturated heterocycles. The second kappa shape index (κ2) is 5.25. The third kappa shape index (κ3) is 2.22. The van der Waals surface area contributed by atoms with E-state index in [9.17, 15) is 8.42 Å². The standard InChI is InChI=1S/C16H20N6O2S/c1-2-10-8-21(25(23,24)11-3-4-11)9-12(10)16-20-19-14-7-18-15-13(22(14)16)5-6-17-15/h5-7,10-12,17H,2-4,8-9H2,1H3/t10-,12+/m0/s1. The lowest BCUT2D eigenvalue weighted by molar-refractivity contribution is 0.449. The summed E-state index contributed by atoms with van der Waals surface area (Å²) >= 11 is 0. The van der Waals surface area contributed by atoms with Crippen LogP contribution in [0.25, 0.3) is 16.8 Å². The van der Waals surface area contributed by atoms with Crippen molar-refractivity contribution < 1.29 is 8.42 Å². The zero-order valence-corrected chi connectivity index (χ0v) is 14.8. The lowest BCUT2D eigenvalue weighted by Gasteiger charge is -2.15. The summed E-state index contributed by atoms with van der Waals surface area (Å²) in [6.07, 6.45) is 6.05. The van der Waals surface area contributed by atoms with Gasteiger partial charge in [0.25, 0.3) is 0 Å². The molecule has 2 fully saturated rings. The molecule has 0 aromatic carbocycles. The van der Waals surface area contributed by atoms with Gasteiger partial charge in [0, 0.05) is 25.2 Å². The minimum absolute atomic E-state index is 0.0500. The van der Waals surface area contributed by atoms with Gasteiger partial charge in [-0.05, 0) is 24.8 Å². The number of hydrogen-bond acceptors (Lipinski definition) is 5. The Hall–Kier alpha value is -2.00. The first-order chi connectivity index (χ1) is 12.1. The molecule has 1 aliphatic carbocycles. The van der Waals surface area contributed by atoms with Crippen molar-refractivity contribution in [1.29, 1.82) is 0 Å². The van der Waals surface area contributed by atoms with Crippen molar-refractivity contribution in [3.63, 3.8) is 0 Å². The van der Waals surface area contributed by atoms with Gasteiger partial charge in [-0.2, -0.15) is 0 Å². The molecule has 1 aliphatic heterocycles. The minimum Gasteiger partial charge on any atom is -0.345 e. The van der Waals surface area contributed by atoms with Crippen LogP contribution in [0.3, 0.4) is 0 Å². The third-order valence-corrected chi connectivity index (χ3v) is 7.87. The Labute approximate surface area is 145 Å². The number of H-pyrrole nitrogens is 1. The predicted molar refractivity (Wildman–Crippen MR) is 92.7 cm³/mol. The molecule has 132 valence electrons. The number of rotatable bonds is 4. The number of fused-ring (bicyclic) bond motifs is 3. The summed E-state index contributed by atoms with van der Waals surface area (Å²) in [5.74, 6) is 1.14. The van der Waals surface area contributed by atoms with E-state index in [4.69, 9.17) is 0 Å². The van der Waals surface area contributed by atoms with Gasteiger partial charge in [-0.3, -0.25) is 4.40 Å². The first-order valence-corrected chi connectivity index (χ1v) is 10.3. The maximum Gasteiger partial charge on any atom is 0.217 e. The van der Waals surface area contributed by atoms with Crippen molar-refractivity contribution in [2.45, 2.75) is 37.4 Å². The first-order valence-electron chi connectivity index (χ1n) is 8.75. The van der Waals surface area contributed by atoms with Crippen molar-refractivity contribution in [2.75, 3.05) is 13.1 Å². The summed E-state index contributed by atoms with van der Waals surface area (Å²) in [7, 11) is -3.16.